The molecule has 0 radical (unpaired) electrons. The van der Waals surface area contributed by atoms with E-state index in [4.69, 9.17) is 28.9 Å². The molecule has 1 nitrogen and oxygen atoms in total. The van der Waals surface area contributed by atoms with Crippen molar-refractivity contribution in [3.63, 3.8) is 0 Å². The molecule has 1 atom stereocenters. The van der Waals surface area contributed by atoms with Crippen LogP contribution in [0.2, 0.25) is 10.0 Å². The fourth-order valence-corrected chi connectivity index (χ4v) is 2.07. The SMILES string of the molecule is NC(c1ccc(Cl)cc1F)c1cc(F)ccc1Cl. The highest BCUT2D eigenvalue weighted by Gasteiger charge is 2.17. The fourth-order valence-electron chi connectivity index (χ4n) is 1.67. The van der Waals surface area contributed by atoms with Gasteiger partial charge in [-0.15, -0.1) is 0 Å². The molecule has 2 aromatic rings. The molecule has 0 bridgehead atoms. The lowest BCUT2D eigenvalue weighted by atomic mass is 9.99. The molecule has 94 valence electrons. The molecule has 0 aliphatic rings. The average Bonchev–Trinajstić information content (AvgIpc) is 2.31. The zero-order chi connectivity index (χ0) is 13.3. The van der Waals surface area contributed by atoms with E-state index in [0.29, 0.717) is 10.6 Å². The topological polar surface area (TPSA) is 26.0 Å². The molecule has 2 N–H and O–H groups in total. The highest BCUT2D eigenvalue weighted by Crippen LogP contribution is 2.29. The first-order chi connectivity index (χ1) is 8.49. The van der Waals surface area contributed by atoms with Gasteiger partial charge in [-0.3, -0.25) is 0 Å². The van der Waals surface area contributed by atoms with Gasteiger partial charge in [0.2, 0.25) is 0 Å². The number of rotatable bonds is 2. The van der Waals surface area contributed by atoms with Crippen molar-refractivity contribution in [1.82, 2.24) is 0 Å². The number of nitrogens with two attached hydrogens (primary N) is 1. The maximum absolute atomic E-state index is 13.7. The quantitative estimate of drug-likeness (QED) is 0.875. The summed E-state index contributed by atoms with van der Waals surface area (Å²) in [5, 5.41) is 0.562. The van der Waals surface area contributed by atoms with Crippen LogP contribution in [0.5, 0.6) is 0 Å². The van der Waals surface area contributed by atoms with Crippen LogP contribution in [0.1, 0.15) is 17.2 Å². The van der Waals surface area contributed by atoms with Gasteiger partial charge in [-0.2, -0.15) is 0 Å². The number of hydrogen-bond acceptors (Lipinski definition) is 1. The molecule has 1 unspecified atom stereocenters. The van der Waals surface area contributed by atoms with E-state index in [1.54, 1.807) is 0 Å². The summed E-state index contributed by atoms with van der Waals surface area (Å²) < 4.78 is 26.9. The molecule has 0 spiro atoms. The molecule has 2 rings (SSSR count). The average molecular weight is 288 g/mol. The van der Waals surface area contributed by atoms with Gasteiger partial charge in [0.25, 0.3) is 0 Å². The van der Waals surface area contributed by atoms with Crippen LogP contribution in [0.25, 0.3) is 0 Å². The number of halogens is 4. The second-order valence-corrected chi connectivity index (χ2v) is 4.65. The van der Waals surface area contributed by atoms with E-state index in [1.807, 2.05) is 0 Å². The van der Waals surface area contributed by atoms with Crippen molar-refractivity contribution >= 4 is 23.2 Å². The van der Waals surface area contributed by atoms with Crippen LogP contribution in [0, 0.1) is 11.6 Å². The summed E-state index contributed by atoms with van der Waals surface area (Å²) in [6.07, 6.45) is 0. The minimum absolute atomic E-state index is 0.215. The summed E-state index contributed by atoms with van der Waals surface area (Å²) in [5.74, 6) is -1.02. The predicted molar refractivity (Wildman–Crippen MR) is 68.9 cm³/mol. The monoisotopic (exact) mass is 287 g/mol. The number of hydrogen-bond donors (Lipinski definition) is 1. The van der Waals surface area contributed by atoms with Gasteiger partial charge < -0.3 is 5.73 Å². The Balaban J connectivity index is 2.47. The van der Waals surface area contributed by atoms with Crippen molar-refractivity contribution in [2.24, 2.45) is 5.73 Å². The molecule has 0 amide bonds. The first kappa shape index (κ1) is 13.3. The minimum atomic E-state index is -0.842. The van der Waals surface area contributed by atoms with E-state index in [2.05, 4.69) is 0 Å². The summed E-state index contributed by atoms with van der Waals surface area (Å²) in [6, 6.07) is 7.10. The summed E-state index contributed by atoms with van der Waals surface area (Å²) in [4.78, 5) is 0. The Kier molecular flexibility index (Phi) is 3.85. The molecule has 0 aliphatic carbocycles. The second kappa shape index (κ2) is 5.22. The molecular formula is C13H9Cl2F2N. The highest BCUT2D eigenvalue weighted by atomic mass is 35.5. The summed E-state index contributed by atoms with van der Waals surface area (Å²) in [6.45, 7) is 0. The third-order valence-corrected chi connectivity index (χ3v) is 3.17. The normalized spacial score (nSPS) is 12.5. The molecule has 0 saturated carbocycles. The lowest BCUT2D eigenvalue weighted by molar-refractivity contribution is 0.596. The van der Waals surface area contributed by atoms with E-state index < -0.39 is 17.7 Å². The number of benzene rings is 2. The van der Waals surface area contributed by atoms with E-state index in [9.17, 15) is 8.78 Å². The molecule has 0 fully saturated rings. The molecule has 0 heterocycles. The van der Waals surface area contributed by atoms with Gasteiger partial charge in [0, 0.05) is 15.6 Å². The third kappa shape index (κ3) is 2.64. The van der Waals surface area contributed by atoms with Crippen molar-refractivity contribution in [3.05, 3.63) is 69.2 Å². The summed E-state index contributed by atoms with van der Waals surface area (Å²) in [5.41, 5.74) is 6.45. The van der Waals surface area contributed by atoms with E-state index >= 15 is 0 Å². The predicted octanol–water partition coefficient (Wildman–Crippen LogP) is 4.32. The van der Waals surface area contributed by atoms with E-state index in [0.717, 1.165) is 6.07 Å². The van der Waals surface area contributed by atoms with Crippen molar-refractivity contribution in [1.29, 1.82) is 0 Å². The maximum atomic E-state index is 13.7. The largest absolute Gasteiger partial charge is 0.320 e. The molecular weight excluding hydrogens is 279 g/mol. The molecule has 0 aliphatic heterocycles. The van der Waals surface area contributed by atoms with Crippen molar-refractivity contribution in [2.45, 2.75) is 6.04 Å². The highest BCUT2D eigenvalue weighted by molar-refractivity contribution is 6.31. The van der Waals surface area contributed by atoms with E-state index in [-0.39, 0.29) is 10.6 Å². The summed E-state index contributed by atoms with van der Waals surface area (Å²) in [7, 11) is 0. The summed E-state index contributed by atoms with van der Waals surface area (Å²) >= 11 is 11.6. The molecule has 18 heavy (non-hydrogen) atoms. The Bertz CT molecular complexity index is 587. The van der Waals surface area contributed by atoms with Crippen LogP contribution in [-0.2, 0) is 0 Å². The Morgan fingerprint density at radius 3 is 2.33 bits per heavy atom. The fraction of sp³-hybridized carbons (Fsp3) is 0.0769. The van der Waals surface area contributed by atoms with Crippen LogP contribution in [0.15, 0.2) is 36.4 Å². The van der Waals surface area contributed by atoms with Crippen LogP contribution < -0.4 is 5.73 Å². The van der Waals surface area contributed by atoms with Crippen LogP contribution >= 0.6 is 23.2 Å². The molecule has 2 aromatic carbocycles. The molecule has 0 saturated heterocycles. The van der Waals surface area contributed by atoms with Crippen molar-refractivity contribution in [2.75, 3.05) is 0 Å². The van der Waals surface area contributed by atoms with Gasteiger partial charge in [0.05, 0.1) is 6.04 Å². The Labute approximate surface area is 113 Å². The lowest BCUT2D eigenvalue weighted by Gasteiger charge is -2.15. The third-order valence-electron chi connectivity index (χ3n) is 2.59. The molecule has 5 heteroatoms. The van der Waals surface area contributed by atoms with Crippen LogP contribution in [0.3, 0.4) is 0 Å². The Hall–Kier alpha value is -1.16. The van der Waals surface area contributed by atoms with Gasteiger partial charge in [-0.25, -0.2) is 8.78 Å². The van der Waals surface area contributed by atoms with Crippen LogP contribution in [0.4, 0.5) is 8.78 Å². The van der Waals surface area contributed by atoms with Gasteiger partial charge in [-0.05, 0) is 35.9 Å². The van der Waals surface area contributed by atoms with Crippen molar-refractivity contribution in [3.8, 4) is 0 Å². The van der Waals surface area contributed by atoms with Gasteiger partial charge in [0.15, 0.2) is 0 Å². The van der Waals surface area contributed by atoms with Crippen molar-refractivity contribution < 1.29 is 8.78 Å². The second-order valence-electron chi connectivity index (χ2n) is 3.81. The maximum Gasteiger partial charge on any atom is 0.129 e. The first-order valence-corrected chi connectivity index (χ1v) is 5.90. The standard InChI is InChI=1S/C13H9Cl2F2N/c14-7-1-3-9(12(17)5-7)13(18)10-6-8(16)2-4-11(10)15/h1-6,13H,18H2. The van der Waals surface area contributed by atoms with Gasteiger partial charge in [0.1, 0.15) is 11.6 Å². The Morgan fingerprint density at radius 1 is 0.944 bits per heavy atom. The lowest BCUT2D eigenvalue weighted by Crippen LogP contribution is -2.14. The van der Waals surface area contributed by atoms with Crippen LogP contribution in [-0.4, -0.2) is 0 Å². The smallest absolute Gasteiger partial charge is 0.129 e. The van der Waals surface area contributed by atoms with E-state index in [1.165, 1.54) is 30.3 Å². The van der Waals surface area contributed by atoms with Gasteiger partial charge >= 0.3 is 0 Å². The minimum Gasteiger partial charge on any atom is -0.320 e. The Morgan fingerprint density at radius 2 is 1.67 bits per heavy atom. The zero-order valence-corrected chi connectivity index (χ0v) is 10.6. The van der Waals surface area contributed by atoms with Gasteiger partial charge in [-0.1, -0.05) is 29.3 Å². The zero-order valence-electron chi connectivity index (χ0n) is 9.13. The first-order valence-electron chi connectivity index (χ1n) is 5.14. The molecule has 0 aromatic heterocycles.